The molecule has 4 atom stereocenters. The number of nitrogens with two attached hydrogens (primary N) is 2. The van der Waals surface area contributed by atoms with Crippen molar-refractivity contribution in [2.45, 2.75) is 41.3 Å². The van der Waals surface area contributed by atoms with Gasteiger partial charge in [-0.05, 0) is 35.9 Å². The van der Waals surface area contributed by atoms with Crippen LogP contribution in [0.5, 0.6) is 0 Å². The molecule has 42 heavy (non-hydrogen) atoms. The van der Waals surface area contributed by atoms with Crippen LogP contribution in [0.25, 0.3) is 0 Å². The van der Waals surface area contributed by atoms with Gasteiger partial charge in [0, 0.05) is 41.5 Å². The number of benzene rings is 1. The Morgan fingerprint density at radius 1 is 1.10 bits per heavy atom. The van der Waals surface area contributed by atoms with Crippen LogP contribution < -0.4 is 11.5 Å². The van der Waals surface area contributed by atoms with Gasteiger partial charge in [0.25, 0.3) is 0 Å². The summed E-state index contributed by atoms with van der Waals surface area (Å²) < 4.78 is 16.9. The molecular formula is C28H27N5O7S2. The maximum absolute atomic E-state index is 13.4. The third kappa shape index (κ3) is 4.32. The molecule has 2 amide bonds. The number of pyridine rings is 1. The summed E-state index contributed by atoms with van der Waals surface area (Å²) in [5.41, 5.74) is 10.9. The number of amides is 2. The number of allylic oxidation sites excluding steroid dienone is 2. The highest BCUT2D eigenvalue weighted by molar-refractivity contribution is 8.76. The highest BCUT2D eigenvalue weighted by atomic mass is 33.1. The van der Waals surface area contributed by atoms with Crippen LogP contribution in [0.4, 0.5) is 9.59 Å². The lowest BCUT2D eigenvalue weighted by atomic mass is 9.82. The van der Waals surface area contributed by atoms with E-state index in [4.69, 9.17) is 25.7 Å². The normalized spacial score (nSPS) is 25.8. The van der Waals surface area contributed by atoms with Crippen molar-refractivity contribution < 1.29 is 33.4 Å². The molecule has 218 valence electrons. The summed E-state index contributed by atoms with van der Waals surface area (Å²) in [7, 11) is 4.44. The summed E-state index contributed by atoms with van der Waals surface area (Å²) in [5, 5.41) is 0.854. The van der Waals surface area contributed by atoms with Gasteiger partial charge in [0.05, 0.1) is 23.4 Å². The van der Waals surface area contributed by atoms with Crippen LogP contribution in [0.3, 0.4) is 0 Å². The number of nitrogens with zero attached hydrogens (tertiary/aromatic N) is 3. The predicted octanol–water partition coefficient (Wildman–Crippen LogP) is 2.59. The first-order valence-electron chi connectivity index (χ1n) is 13.0. The van der Waals surface area contributed by atoms with Crippen molar-refractivity contribution in [2.24, 2.45) is 17.4 Å². The summed E-state index contributed by atoms with van der Waals surface area (Å²) >= 11 is 0. The van der Waals surface area contributed by atoms with Gasteiger partial charge in [-0.15, -0.1) is 0 Å². The molecule has 4 N–H and O–H groups in total. The Kier molecular flexibility index (Phi) is 7.15. The van der Waals surface area contributed by atoms with Crippen LogP contribution in [-0.4, -0.2) is 76.6 Å². The molecule has 2 saturated heterocycles. The molecule has 1 aliphatic carbocycles. The van der Waals surface area contributed by atoms with Crippen molar-refractivity contribution in [2.75, 3.05) is 20.3 Å². The summed E-state index contributed by atoms with van der Waals surface area (Å²) in [6.07, 6.45) is 0.115. The monoisotopic (exact) mass is 609 g/mol. The number of Topliss-reactive ketones (excluding diaryl/α,β-unsaturated/α-hetero) is 2. The second-order valence-electron chi connectivity index (χ2n) is 10.1. The van der Waals surface area contributed by atoms with Crippen molar-refractivity contribution >= 4 is 45.3 Å². The van der Waals surface area contributed by atoms with Crippen molar-refractivity contribution in [3.05, 3.63) is 76.8 Å². The van der Waals surface area contributed by atoms with Crippen LogP contribution in [0.2, 0.25) is 0 Å². The minimum absolute atomic E-state index is 0.0318. The number of rotatable bonds is 8. The molecule has 0 unspecified atom stereocenters. The second kappa shape index (κ2) is 10.7. The van der Waals surface area contributed by atoms with Crippen molar-refractivity contribution in [3.63, 3.8) is 0 Å². The molecule has 2 fully saturated rings. The largest absolute Gasteiger partial charge is 0.449 e. The minimum Gasteiger partial charge on any atom is -0.449 e. The van der Waals surface area contributed by atoms with Gasteiger partial charge in [0.2, 0.25) is 11.6 Å². The Morgan fingerprint density at radius 3 is 2.57 bits per heavy atom. The summed E-state index contributed by atoms with van der Waals surface area (Å²) in [6, 6.07) is 12.4. The van der Waals surface area contributed by atoms with Crippen LogP contribution >= 0.6 is 21.6 Å². The number of carbonyl (C=O) groups excluding carboxylic acids is 4. The van der Waals surface area contributed by atoms with E-state index in [0.717, 1.165) is 15.5 Å². The Morgan fingerprint density at radius 2 is 1.86 bits per heavy atom. The van der Waals surface area contributed by atoms with E-state index in [-0.39, 0.29) is 48.3 Å². The van der Waals surface area contributed by atoms with E-state index in [9.17, 15) is 19.2 Å². The van der Waals surface area contributed by atoms with Crippen LogP contribution in [0.1, 0.15) is 12.5 Å². The van der Waals surface area contributed by atoms with Crippen molar-refractivity contribution in [3.8, 4) is 0 Å². The van der Waals surface area contributed by atoms with E-state index in [1.54, 1.807) is 11.1 Å². The molecule has 14 heteroatoms. The molecule has 1 aromatic carbocycles. The van der Waals surface area contributed by atoms with Crippen LogP contribution in [0, 0.1) is 5.92 Å². The van der Waals surface area contributed by atoms with E-state index in [1.165, 1.54) is 40.5 Å². The zero-order chi connectivity index (χ0) is 29.8. The fraction of sp³-hybridized carbons (Fsp3) is 0.321. The summed E-state index contributed by atoms with van der Waals surface area (Å²) in [4.78, 5) is 60.1. The van der Waals surface area contributed by atoms with Gasteiger partial charge in [0.15, 0.2) is 5.72 Å². The lowest BCUT2D eigenvalue weighted by molar-refractivity contribution is -0.144. The van der Waals surface area contributed by atoms with Gasteiger partial charge in [0.1, 0.15) is 24.3 Å². The van der Waals surface area contributed by atoms with Gasteiger partial charge < -0.3 is 30.6 Å². The summed E-state index contributed by atoms with van der Waals surface area (Å²) in [5.74, 6) is -1.85. The molecule has 12 nitrogen and oxygen atoms in total. The molecule has 2 aromatic rings. The maximum Gasteiger partial charge on any atom is 0.410 e. The van der Waals surface area contributed by atoms with Crippen molar-refractivity contribution in [1.29, 1.82) is 0 Å². The number of ether oxygens (including phenoxy) is 3. The van der Waals surface area contributed by atoms with Crippen LogP contribution in [-0.2, 0) is 30.4 Å². The fourth-order valence-electron chi connectivity index (χ4n) is 6.13. The average Bonchev–Trinajstić information content (AvgIpc) is 3.51. The molecule has 0 saturated carbocycles. The lowest BCUT2D eigenvalue weighted by Crippen LogP contribution is -2.56. The molecule has 0 radical (unpaired) electrons. The quantitative estimate of drug-likeness (QED) is 0.255. The molecule has 6 rings (SSSR count). The zero-order valence-electron chi connectivity index (χ0n) is 22.6. The highest BCUT2D eigenvalue weighted by Gasteiger charge is 2.78. The van der Waals surface area contributed by atoms with Gasteiger partial charge in [-0.1, -0.05) is 35.1 Å². The Hall–Kier alpha value is -4.01. The SMILES string of the molecule is CO[C@@]12[C@H](COC(N)=O)C3=C(C(=O)C(C)=C(N)C3=O)N1C[C@H]1[C@@H]2N1C(=O)OCc1ccccc1SSc1ccccn1. The third-order valence-electron chi connectivity index (χ3n) is 8.08. The number of methoxy groups -OCH3 is 1. The molecule has 4 aliphatic rings. The Bertz CT molecular complexity index is 1560. The van der Waals surface area contributed by atoms with E-state index < -0.39 is 41.4 Å². The Balaban J connectivity index is 1.20. The average molecular weight is 610 g/mol. The van der Waals surface area contributed by atoms with Crippen molar-refractivity contribution in [1.82, 2.24) is 14.8 Å². The summed E-state index contributed by atoms with van der Waals surface area (Å²) in [6.45, 7) is 1.41. The number of hydrogen-bond acceptors (Lipinski definition) is 12. The van der Waals surface area contributed by atoms with E-state index in [0.29, 0.717) is 0 Å². The first kappa shape index (κ1) is 28.1. The third-order valence-corrected chi connectivity index (χ3v) is 10.5. The molecule has 0 bridgehead atoms. The van der Waals surface area contributed by atoms with E-state index in [1.807, 2.05) is 42.5 Å². The fourth-order valence-corrected chi connectivity index (χ4v) is 8.22. The van der Waals surface area contributed by atoms with Gasteiger partial charge >= 0.3 is 12.2 Å². The van der Waals surface area contributed by atoms with E-state index in [2.05, 4.69) is 4.98 Å². The number of carbonyl (C=O) groups is 4. The first-order valence-corrected chi connectivity index (χ1v) is 15.2. The zero-order valence-corrected chi connectivity index (χ0v) is 24.3. The standard InChI is InChI=1S/C28H27N5O7S2/c1-14-21(29)24(35)20-16(13-39-26(30)36)28(38-2)25-17(11-32(28)22(20)23(14)34)33(25)27(37)40-12-15-7-3-4-8-18(15)41-42-19-9-5-6-10-31-19/h3-10,16-17,25H,11-13,29H2,1-2H3,(H2,30,36)/t16-,17+,25+,28-,33?/m1/s1. The van der Waals surface area contributed by atoms with Gasteiger partial charge in [-0.3, -0.25) is 14.5 Å². The highest BCUT2D eigenvalue weighted by Crippen LogP contribution is 2.59. The van der Waals surface area contributed by atoms with Crippen LogP contribution in [0.15, 0.2) is 81.1 Å². The molecule has 1 aromatic heterocycles. The number of primary amides is 1. The number of hydrogen-bond donors (Lipinski definition) is 2. The molecule has 0 spiro atoms. The second-order valence-corrected chi connectivity index (χ2v) is 12.3. The number of fused-ring (bicyclic) bond motifs is 4. The first-order chi connectivity index (χ1) is 20.2. The molecular weight excluding hydrogens is 582 g/mol. The maximum atomic E-state index is 13.4. The molecule has 4 heterocycles. The smallest absolute Gasteiger partial charge is 0.410 e. The van der Waals surface area contributed by atoms with Gasteiger partial charge in [-0.25, -0.2) is 14.6 Å². The number of ketones is 2. The number of piperazine rings is 1. The topological polar surface area (TPSA) is 167 Å². The lowest BCUT2D eigenvalue weighted by Gasteiger charge is -2.40. The molecule has 3 aliphatic heterocycles. The van der Waals surface area contributed by atoms with E-state index >= 15 is 0 Å². The predicted molar refractivity (Wildman–Crippen MR) is 151 cm³/mol. The minimum atomic E-state index is -1.35. The van der Waals surface area contributed by atoms with Gasteiger partial charge in [-0.2, -0.15) is 0 Å². The number of aromatic nitrogens is 1. The Labute approximate surface area is 248 Å².